The molecule has 1 aromatic carbocycles. The first-order chi connectivity index (χ1) is 10.3. The van der Waals surface area contributed by atoms with Crippen LogP contribution in [0.3, 0.4) is 0 Å². The van der Waals surface area contributed by atoms with E-state index < -0.39 is 0 Å². The monoisotopic (exact) mass is 301 g/mol. The fourth-order valence-electron chi connectivity index (χ4n) is 2.86. The Kier molecular flexibility index (Phi) is 4.68. The third kappa shape index (κ3) is 3.93. The first-order valence-electron chi connectivity index (χ1n) is 7.51. The summed E-state index contributed by atoms with van der Waals surface area (Å²) in [4.78, 5) is 14.7. The first kappa shape index (κ1) is 14.3. The number of thiophene rings is 1. The maximum Gasteiger partial charge on any atom is 0.275 e. The fraction of sp³-hybridized carbons (Fsp3) is 0.353. The summed E-state index contributed by atoms with van der Waals surface area (Å²) in [6.07, 6.45) is 2.01. The molecule has 4 heteroatoms. The van der Waals surface area contributed by atoms with Crippen LogP contribution in [0.15, 0.2) is 41.8 Å². The van der Waals surface area contributed by atoms with E-state index in [0.29, 0.717) is 6.54 Å². The third-order valence-corrected chi connectivity index (χ3v) is 4.93. The van der Waals surface area contributed by atoms with Crippen LogP contribution in [0.5, 0.6) is 0 Å². The van der Waals surface area contributed by atoms with Gasteiger partial charge < -0.3 is 10.2 Å². The second kappa shape index (κ2) is 6.87. The molecule has 2 heterocycles. The number of carbonyl (C=O) groups is 1. The van der Waals surface area contributed by atoms with E-state index in [1.807, 2.05) is 0 Å². The number of quaternary nitrogens is 1. The summed E-state index contributed by atoms with van der Waals surface area (Å²) >= 11 is 1.75. The lowest BCUT2D eigenvalue weighted by Gasteiger charge is -2.25. The molecule has 21 heavy (non-hydrogen) atoms. The predicted octanol–water partition coefficient (Wildman–Crippen LogP) is 1.05. The minimum atomic E-state index is 0.168. The number of benzene rings is 1. The Hall–Kier alpha value is -1.65. The molecule has 0 bridgehead atoms. The topological polar surface area (TPSA) is 33.5 Å². The molecule has 1 aliphatic rings. The molecule has 0 spiro atoms. The number of rotatable bonds is 5. The summed E-state index contributed by atoms with van der Waals surface area (Å²) in [6.45, 7) is 3.34. The van der Waals surface area contributed by atoms with Crippen molar-refractivity contribution in [1.82, 2.24) is 5.32 Å². The molecule has 1 atom stereocenters. The molecule has 3 nitrogen and oxygen atoms in total. The van der Waals surface area contributed by atoms with Gasteiger partial charge in [-0.25, -0.2) is 0 Å². The molecule has 1 amide bonds. The highest BCUT2D eigenvalue weighted by atomic mass is 32.1. The van der Waals surface area contributed by atoms with Gasteiger partial charge in [-0.15, -0.1) is 11.3 Å². The van der Waals surface area contributed by atoms with E-state index in [-0.39, 0.29) is 5.91 Å². The summed E-state index contributed by atoms with van der Waals surface area (Å²) in [6, 6.07) is 12.7. The van der Waals surface area contributed by atoms with Gasteiger partial charge in [0.15, 0.2) is 6.54 Å². The van der Waals surface area contributed by atoms with Gasteiger partial charge in [0, 0.05) is 23.4 Å². The van der Waals surface area contributed by atoms with Gasteiger partial charge in [-0.3, -0.25) is 4.79 Å². The Balaban J connectivity index is 1.43. The highest BCUT2D eigenvalue weighted by Gasteiger charge is 2.20. The zero-order valence-corrected chi connectivity index (χ0v) is 12.9. The molecular formula is C17H21N2OS+. The maximum absolute atomic E-state index is 12.0. The van der Waals surface area contributed by atoms with Crippen LogP contribution in [-0.2, 0) is 24.2 Å². The second-order valence-electron chi connectivity index (χ2n) is 5.55. The molecule has 2 aromatic rings. The number of hydrogen-bond acceptors (Lipinski definition) is 2. The molecule has 3 rings (SSSR count). The molecule has 0 aliphatic carbocycles. The van der Waals surface area contributed by atoms with Gasteiger partial charge in [0.1, 0.15) is 6.54 Å². The van der Waals surface area contributed by atoms with Crippen molar-refractivity contribution in [1.29, 1.82) is 0 Å². The van der Waals surface area contributed by atoms with E-state index in [0.717, 1.165) is 32.5 Å². The van der Waals surface area contributed by atoms with Crippen molar-refractivity contribution in [2.24, 2.45) is 0 Å². The molecular weight excluding hydrogens is 280 g/mol. The standard InChI is InChI=1S/C17H20N2OS/c20-17(18-9-7-16-6-3-11-21-16)13-19-10-8-14-4-1-2-5-15(14)12-19/h1-6,11H,7-10,12-13H2,(H,18,20)/p+1. The number of amides is 1. The van der Waals surface area contributed by atoms with Crippen LogP contribution in [0.1, 0.15) is 16.0 Å². The summed E-state index contributed by atoms with van der Waals surface area (Å²) in [7, 11) is 0. The van der Waals surface area contributed by atoms with Crippen LogP contribution < -0.4 is 10.2 Å². The van der Waals surface area contributed by atoms with Crippen LogP contribution in [0.2, 0.25) is 0 Å². The summed E-state index contributed by atoms with van der Waals surface area (Å²) in [5, 5.41) is 5.11. The van der Waals surface area contributed by atoms with Crippen molar-refractivity contribution in [2.45, 2.75) is 19.4 Å². The maximum atomic E-state index is 12.0. The van der Waals surface area contributed by atoms with Gasteiger partial charge in [-0.05, 0) is 23.4 Å². The molecule has 0 fully saturated rings. The second-order valence-corrected chi connectivity index (χ2v) is 6.58. The van der Waals surface area contributed by atoms with E-state index in [1.165, 1.54) is 20.9 Å². The Morgan fingerprint density at radius 3 is 2.86 bits per heavy atom. The predicted molar refractivity (Wildman–Crippen MR) is 85.6 cm³/mol. The zero-order valence-electron chi connectivity index (χ0n) is 12.1. The van der Waals surface area contributed by atoms with Gasteiger partial charge in [0.2, 0.25) is 0 Å². The first-order valence-corrected chi connectivity index (χ1v) is 8.38. The van der Waals surface area contributed by atoms with Crippen molar-refractivity contribution in [3.63, 3.8) is 0 Å². The Morgan fingerprint density at radius 1 is 1.19 bits per heavy atom. The number of hydrogen-bond donors (Lipinski definition) is 2. The van der Waals surface area contributed by atoms with Crippen molar-refractivity contribution < 1.29 is 9.69 Å². The van der Waals surface area contributed by atoms with Crippen molar-refractivity contribution in [3.05, 3.63) is 57.8 Å². The summed E-state index contributed by atoms with van der Waals surface area (Å²) < 4.78 is 0. The van der Waals surface area contributed by atoms with E-state index in [1.54, 1.807) is 11.3 Å². The lowest BCUT2D eigenvalue weighted by atomic mass is 10.00. The van der Waals surface area contributed by atoms with Crippen LogP contribution >= 0.6 is 11.3 Å². The smallest absolute Gasteiger partial charge is 0.275 e. The zero-order chi connectivity index (χ0) is 14.5. The molecule has 2 N–H and O–H groups in total. The van der Waals surface area contributed by atoms with Gasteiger partial charge >= 0.3 is 0 Å². The van der Waals surface area contributed by atoms with Gasteiger partial charge in [0.25, 0.3) is 5.91 Å². The molecule has 1 aromatic heterocycles. The van der Waals surface area contributed by atoms with E-state index in [9.17, 15) is 4.79 Å². The summed E-state index contributed by atoms with van der Waals surface area (Å²) in [5.41, 5.74) is 2.84. The minimum Gasteiger partial charge on any atom is -0.351 e. The molecule has 0 saturated carbocycles. The number of fused-ring (bicyclic) bond motifs is 1. The van der Waals surface area contributed by atoms with E-state index in [4.69, 9.17) is 0 Å². The molecule has 110 valence electrons. The average molecular weight is 301 g/mol. The molecule has 1 unspecified atom stereocenters. The number of carbonyl (C=O) groups excluding carboxylic acids is 1. The van der Waals surface area contributed by atoms with Crippen LogP contribution in [0.4, 0.5) is 0 Å². The average Bonchev–Trinajstić information content (AvgIpc) is 3.00. The fourth-order valence-corrected chi connectivity index (χ4v) is 3.57. The number of nitrogens with one attached hydrogen (secondary N) is 2. The van der Waals surface area contributed by atoms with E-state index in [2.05, 4.69) is 47.1 Å². The highest BCUT2D eigenvalue weighted by Crippen LogP contribution is 2.10. The van der Waals surface area contributed by atoms with E-state index >= 15 is 0 Å². The largest absolute Gasteiger partial charge is 0.351 e. The van der Waals surface area contributed by atoms with Gasteiger partial charge in [-0.2, -0.15) is 0 Å². The Morgan fingerprint density at radius 2 is 2.05 bits per heavy atom. The van der Waals surface area contributed by atoms with Crippen molar-refractivity contribution in [2.75, 3.05) is 19.6 Å². The highest BCUT2D eigenvalue weighted by molar-refractivity contribution is 7.09. The Bertz CT molecular complexity index is 595. The normalized spacial score (nSPS) is 17.2. The third-order valence-electron chi connectivity index (χ3n) is 3.99. The SMILES string of the molecule is O=C(C[NH+]1CCc2ccccc2C1)NCCc1cccs1. The Labute approximate surface area is 129 Å². The van der Waals surface area contributed by atoms with Gasteiger partial charge in [0.05, 0.1) is 6.54 Å². The lowest BCUT2D eigenvalue weighted by molar-refractivity contribution is -0.908. The lowest BCUT2D eigenvalue weighted by Crippen LogP contribution is -3.12. The van der Waals surface area contributed by atoms with Crippen LogP contribution in [0.25, 0.3) is 0 Å². The summed E-state index contributed by atoms with van der Waals surface area (Å²) in [5.74, 6) is 0.168. The molecule has 0 saturated heterocycles. The molecule has 1 aliphatic heterocycles. The van der Waals surface area contributed by atoms with Crippen molar-refractivity contribution in [3.8, 4) is 0 Å². The molecule has 0 radical (unpaired) electrons. The van der Waals surface area contributed by atoms with Crippen LogP contribution in [0, 0.1) is 0 Å². The van der Waals surface area contributed by atoms with Crippen LogP contribution in [-0.4, -0.2) is 25.5 Å². The quantitative estimate of drug-likeness (QED) is 0.850. The van der Waals surface area contributed by atoms with Crippen molar-refractivity contribution >= 4 is 17.2 Å². The minimum absolute atomic E-state index is 0.168. The van der Waals surface area contributed by atoms with Gasteiger partial charge in [-0.1, -0.05) is 30.3 Å².